The van der Waals surface area contributed by atoms with Crippen molar-refractivity contribution in [3.05, 3.63) is 96.6 Å². The van der Waals surface area contributed by atoms with Gasteiger partial charge in [-0.05, 0) is 49.7 Å². The number of fused-ring (bicyclic) bond motifs is 1. The highest BCUT2D eigenvalue weighted by Gasteiger charge is 2.15. The highest BCUT2D eigenvalue weighted by molar-refractivity contribution is 5.94. The topological polar surface area (TPSA) is 88.7 Å². The second-order valence-electron chi connectivity index (χ2n) is 8.42. The van der Waals surface area contributed by atoms with Gasteiger partial charge in [0.05, 0.1) is 34.7 Å². The highest BCUT2D eigenvalue weighted by Crippen LogP contribution is 2.33. The minimum Gasteiger partial charge on any atom is -0.487 e. The minimum absolute atomic E-state index is 0.285. The van der Waals surface area contributed by atoms with Gasteiger partial charge in [0.1, 0.15) is 12.4 Å². The molecule has 0 aliphatic rings. The van der Waals surface area contributed by atoms with E-state index in [1.165, 1.54) is 0 Å². The molecule has 0 atom stereocenters. The fourth-order valence-corrected chi connectivity index (χ4v) is 3.98. The molecule has 5 aromatic rings. The smallest absolute Gasteiger partial charge is 0.227 e. The maximum Gasteiger partial charge on any atom is 0.227 e. The first-order valence-corrected chi connectivity index (χ1v) is 11.4. The molecule has 0 saturated heterocycles. The Morgan fingerprint density at radius 3 is 2.71 bits per heavy atom. The van der Waals surface area contributed by atoms with Crippen molar-refractivity contribution in [1.82, 2.24) is 19.5 Å². The molecular weight excluding hydrogens is 436 g/mol. The van der Waals surface area contributed by atoms with Gasteiger partial charge in [0.2, 0.25) is 5.95 Å². The first-order chi connectivity index (χ1) is 17.1. The van der Waals surface area contributed by atoms with E-state index in [9.17, 15) is 5.26 Å². The summed E-state index contributed by atoms with van der Waals surface area (Å²) in [5.74, 6) is 1.03. The number of hydrogen-bond donors (Lipinski definition) is 1. The number of ether oxygens (including phenoxy) is 1. The van der Waals surface area contributed by atoms with Gasteiger partial charge in [-0.3, -0.25) is 4.98 Å². The highest BCUT2D eigenvalue weighted by atomic mass is 16.5. The van der Waals surface area contributed by atoms with E-state index in [0.29, 0.717) is 29.6 Å². The Morgan fingerprint density at radius 1 is 1.06 bits per heavy atom. The third-order valence-electron chi connectivity index (χ3n) is 5.72. The summed E-state index contributed by atoms with van der Waals surface area (Å²) in [6, 6.07) is 21.6. The summed E-state index contributed by atoms with van der Waals surface area (Å²) in [5, 5.41) is 13.7. The largest absolute Gasteiger partial charge is 0.487 e. The van der Waals surface area contributed by atoms with Crippen LogP contribution in [0.15, 0.2) is 85.5 Å². The molecule has 0 aliphatic carbocycles. The zero-order chi connectivity index (χ0) is 24.2. The molecular formula is C28H24N6O. The van der Waals surface area contributed by atoms with Crippen molar-refractivity contribution in [3.63, 3.8) is 0 Å². The van der Waals surface area contributed by atoms with E-state index >= 15 is 0 Å². The van der Waals surface area contributed by atoms with Gasteiger partial charge < -0.3 is 14.6 Å². The molecule has 0 radical (unpaired) electrons. The van der Waals surface area contributed by atoms with Gasteiger partial charge in [-0.1, -0.05) is 30.3 Å². The van der Waals surface area contributed by atoms with Crippen LogP contribution in [-0.4, -0.2) is 19.5 Å². The Kier molecular flexibility index (Phi) is 6.10. The lowest BCUT2D eigenvalue weighted by molar-refractivity contribution is 0.308. The van der Waals surface area contributed by atoms with Crippen LogP contribution in [0, 0.1) is 11.3 Å². The Morgan fingerprint density at radius 2 is 1.91 bits per heavy atom. The minimum atomic E-state index is 0.285. The summed E-state index contributed by atoms with van der Waals surface area (Å²) < 4.78 is 8.25. The van der Waals surface area contributed by atoms with Crippen LogP contribution in [0.4, 0.5) is 11.6 Å². The molecule has 0 spiro atoms. The number of nitrogens with zero attached hydrogens (tertiary/aromatic N) is 5. The number of nitriles is 1. The van der Waals surface area contributed by atoms with E-state index < -0.39 is 0 Å². The lowest BCUT2D eigenvalue weighted by atomic mass is 10.1. The summed E-state index contributed by atoms with van der Waals surface area (Å²) in [5.41, 5.74) is 5.06. The van der Waals surface area contributed by atoms with Crippen LogP contribution in [0.5, 0.6) is 5.75 Å². The molecule has 1 N–H and O–H groups in total. The van der Waals surface area contributed by atoms with Crippen LogP contribution in [0.25, 0.3) is 22.2 Å². The number of benzene rings is 2. The number of hydrogen-bond acceptors (Lipinski definition) is 6. The van der Waals surface area contributed by atoms with Crippen molar-refractivity contribution in [1.29, 1.82) is 5.26 Å². The Labute approximate surface area is 203 Å². The lowest BCUT2D eigenvalue weighted by Gasteiger charge is -2.13. The van der Waals surface area contributed by atoms with Crippen molar-refractivity contribution in [2.45, 2.75) is 26.5 Å². The SMILES string of the molecule is CC(C)n1cc(-c2ccnc(Nc3cc(C#N)ccc3OCc3ccccc3)n2)c2ccncc21. The molecule has 7 nitrogen and oxygen atoms in total. The zero-order valence-electron chi connectivity index (χ0n) is 19.5. The first kappa shape index (κ1) is 22.1. The predicted molar refractivity (Wildman–Crippen MR) is 136 cm³/mol. The number of pyridine rings is 1. The Bertz CT molecular complexity index is 1520. The molecule has 172 valence electrons. The average Bonchev–Trinajstić information content (AvgIpc) is 3.29. The van der Waals surface area contributed by atoms with Crippen molar-refractivity contribution < 1.29 is 4.74 Å². The quantitative estimate of drug-likeness (QED) is 0.308. The van der Waals surface area contributed by atoms with E-state index in [2.05, 4.69) is 46.0 Å². The molecule has 3 heterocycles. The summed E-state index contributed by atoms with van der Waals surface area (Å²) in [6.07, 6.45) is 7.50. The second-order valence-corrected chi connectivity index (χ2v) is 8.42. The second kappa shape index (κ2) is 9.65. The van der Waals surface area contributed by atoms with Crippen LogP contribution < -0.4 is 10.1 Å². The first-order valence-electron chi connectivity index (χ1n) is 11.4. The zero-order valence-corrected chi connectivity index (χ0v) is 19.5. The van der Waals surface area contributed by atoms with E-state index in [-0.39, 0.29) is 6.04 Å². The summed E-state index contributed by atoms with van der Waals surface area (Å²) >= 11 is 0. The van der Waals surface area contributed by atoms with Gasteiger partial charge in [-0.15, -0.1) is 0 Å². The normalized spacial score (nSPS) is 10.9. The van der Waals surface area contributed by atoms with Crippen LogP contribution >= 0.6 is 0 Å². The third kappa shape index (κ3) is 4.68. The Hall–Kier alpha value is -4.70. The molecule has 0 saturated carbocycles. The van der Waals surface area contributed by atoms with Crippen molar-refractivity contribution in [3.8, 4) is 23.1 Å². The number of nitrogens with one attached hydrogen (secondary N) is 1. The summed E-state index contributed by atoms with van der Waals surface area (Å²) in [4.78, 5) is 13.5. The van der Waals surface area contributed by atoms with E-state index in [4.69, 9.17) is 9.72 Å². The molecule has 0 aliphatic heterocycles. The van der Waals surface area contributed by atoms with Gasteiger partial charge in [0.15, 0.2) is 0 Å². The standard InChI is InChI=1S/C28H24N6O/c1-19(2)34-17-23(22-10-12-30-16-26(22)34)24-11-13-31-28(32-24)33-25-14-21(15-29)8-9-27(25)35-18-20-6-4-3-5-7-20/h3-14,16-17,19H,18H2,1-2H3,(H,31,32,33). The van der Waals surface area contributed by atoms with Crippen LogP contribution in [-0.2, 0) is 6.61 Å². The van der Waals surface area contributed by atoms with Crippen LogP contribution in [0.3, 0.4) is 0 Å². The van der Waals surface area contributed by atoms with Gasteiger partial charge in [0.25, 0.3) is 0 Å². The molecule has 5 rings (SSSR count). The van der Waals surface area contributed by atoms with Gasteiger partial charge in [-0.2, -0.15) is 5.26 Å². The van der Waals surface area contributed by atoms with Crippen molar-refractivity contribution >= 4 is 22.5 Å². The molecule has 2 aromatic carbocycles. The number of aromatic nitrogens is 4. The molecule has 35 heavy (non-hydrogen) atoms. The van der Waals surface area contributed by atoms with Crippen LogP contribution in [0.2, 0.25) is 0 Å². The van der Waals surface area contributed by atoms with Crippen molar-refractivity contribution in [2.24, 2.45) is 0 Å². The fourth-order valence-electron chi connectivity index (χ4n) is 3.98. The lowest BCUT2D eigenvalue weighted by Crippen LogP contribution is -2.02. The monoisotopic (exact) mass is 460 g/mol. The van der Waals surface area contributed by atoms with Crippen LogP contribution in [0.1, 0.15) is 31.0 Å². The average molecular weight is 461 g/mol. The third-order valence-corrected chi connectivity index (χ3v) is 5.72. The molecule has 0 fully saturated rings. The Balaban J connectivity index is 1.47. The molecule has 0 amide bonds. The molecule has 0 unspecified atom stereocenters. The van der Waals surface area contributed by atoms with Crippen molar-refractivity contribution in [2.75, 3.05) is 5.32 Å². The molecule has 3 aromatic heterocycles. The van der Waals surface area contributed by atoms with E-state index in [1.807, 2.05) is 48.7 Å². The van der Waals surface area contributed by atoms with E-state index in [0.717, 1.165) is 27.7 Å². The van der Waals surface area contributed by atoms with Gasteiger partial charge in [0, 0.05) is 35.6 Å². The maximum absolute atomic E-state index is 9.41. The molecule has 0 bridgehead atoms. The summed E-state index contributed by atoms with van der Waals surface area (Å²) in [6.45, 7) is 4.69. The van der Waals surface area contributed by atoms with Gasteiger partial charge in [-0.25, -0.2) is 9.97 Å². The predicted octanol–water partition coefficient (Wildman–Crippen LogP) is 6.27. The van der Waals surface area contributed by atoms with E-state index in [1.54, 1.807) is 30.6 Å². The van der Waals surface area contributed by atoms with Gasteiger partial charge >= 0.3 is 0 Å². The summed E-state index contributed by atoms with van der Waals surface area (Å²) in [7, 11) is 0. The number of anilines is 2. The maximum atomic E-state index is 9.41. The number of rotatable bonds is 7. The fraction of sp³-hybridized carbons (Fsp3) is 0.143. The molecule has 7 heteroatoms.